The smallest absolute Gasteiger partial charge is 0.387 e. The van der Waals surface area contributed by atoms with Crippen LogP contribution in [0, 0.1) is 0 Å². The molecule has 1 atom stereocenters. The Kier molecular flexibility index (Phi) is 8.41. The SMILES string of the molecule is CCNC(=NCc1csc(CC)n1)NCC(O)c1ccc(OC(F)F)cc1. The van der Waals surface area contributed by atoms with Crippen LogP contribution in [0.3, 0.4) is 0 Å². The van der Waals surface area contributed by atoms with Crippen LogP contribution in [-0.4, -0.2) is 35.8 Å². The standard InChI is InChI=1S/C18H24F2N4O2S/c1-3-16-24-13(11-27-16)9-22-18(21-4-2)23-10-15(25)12-5-7-14(8-6-12)26-17(19)20/h5-8,11,15,17,25H,3-4,9-10H2,1-2H3,(H2,21,22,23). The fourth-order valence-corrected chi connectivity index (χ4v) is 3.00. The van der Waals surface area contributed by atoms with Crippen LogP contribution in [0.15, 0.2) is 34.6 Å². The van der Waals surface area contributed by atoms with E-state index >= 15 is 0 Å². The molecular weight excluding hydrogens is 374 g/mol. The summed E-state index contributed by atoms with van der Waals surface area (Å²) in [5.41, 5.74) is 1.50. The Hall–Kier alpha value is -2.26. The summed E-state index contributed by atoms with van der Waals surface area (Å²) >= 11 is 1.62. The Balaban J connectivity index is 1.90. The lowest BCUT2D eigenvalue weighted by atomic mass is 10.1. The van der Waals surface area contributed by atoms with E-state index in [0.29, 0.717) is 24.6 Å². The van der Waals surface area contributed by atoms with Crippen molar-refractivity contribution in [2.75, 3.05) is 13.1 Å². The lowest BCUT2D eigenvalue weighted by molar-refractivity contribution is -0.0498. The van der Waals surface area contributed by atoms with Gasteiger partial charge in [-0.3, -0.25) is 0 Å². The van der Waals surface area contributed by atoms with Gasteiger partial charge in [-0.1, -0.05) is 19.1 Å². The molecule has 0 aliphatic heterocycles. The topological polar surface area (TPSA) is 78.8 Å². The predicted molar refractivity (Wildman–Crippen MR) is 102 cm³/mol. The maximum absolute atomic E-state index is 12.2. The maximum Gasteiger partial charge on any atom is 0.387 e. The second-order valence-electron chi connectivity index (χ2n) is 5.63. The van der Waals surface area contributed by atoms with Crippen molar-refractivity contribution in [2.45, 2.75) is 39.5 Å². The van der Waals surface area contributed by atoms with E-state index in [9.17, 15) is 13.9 Å². The lowest BCUT2D eigenvalue weighted by Gasteiger charge is -2.16. The molecule has 148 valence electrons. The summed E-state index contributed by atoms with van der Waals surface area (Å²) in [6.07, 6.45) is 0.0838. The van der Waals surface area contributed by atoms with Crippen LogP contribution in [0.5, 0.6) is 5.75 Å². The molecule has 9 heteroatoms. The first-order valence-corrected chi connectivity index (χ1v) is 9.58. The normalized spacial score (nSPS) is 12.9. The molecule has 0 fully saturated rings. The third-order valence-electron chi connectivity index (χ3n) is 3.60. The van der Waals surface area contributed by atoms with Gasteiger partial charge in [0.1, 0.15) is 5.75 Å². The Morgan fingerprint density at radius 3 is 2.59 bits per heavy atom. The number of guanidine groups is 1. The molecule has 1 aromatic heterocycles. The fraction of sp³-hybridized carbons (Fsp3) is 0.444. The molecule has 0 bridgehead atoms. The molecule has 27 heavy (non-hydrogen) atoms. The number of hydrogen-bond acceptors (Lipinski definition) is 5. The molecule has 6 nitrogen and oxygen atoms in total. The number of aliphatic imine (C=N–C) groups is 1. The number of nitrogens with one attached hydrogen (secondary N) is 2. The molecule has 1 unspecified atom stereocenters. The number of thiazole rings is 1. The summed E-state index contributed by atoms with van der Waals surface area (Å²) in [6.45, 7) is 2.49. The maximum atomic E-state index is 12.2. The van der Waals surface area contributed by atoms with Crippen molar-refractivity contribution >= 4 is 17.3 Å². The number of hydrogen-bond donors (Lipinski definition) is 3. The zero-order valence-electron chi connectivity index (χ0n) is 15.3. The Bertz CT molecular complexity index is 722. The lowest BCUT2D eigenvalue weighted by Crippen LogP contribution is -2.39. The van der Waals surface area contributed by atoms with Gasteiger partial charge in [0.15, 0.2) is 5.96 Å². The summed E-state index contributed by atoms with van der Waals surface area (Å²) in [5.74, 6) is 0.624. The Morgan fingerprint density at radius 2 is 2.00 bits per heavy atom. The molecule has 0 aliphatic carbocycles. The van der Waals surface area contributed by atoms with Crippen LogP contribution in [0.1, 0.15) is 36.2 Å². The van der Waals surface area contributed by atoms with Crippen LogP contribution in [0.4, 0.5) is 8.78 Å². The highest BCUT2D eigenvalue weighted by molar-refractivity contribution is 7.09. The van der Waals surface area contributed by atoms with Crippen molar-refractivity contribution in [1.29, 1.82) is 0 Å². The highest BCUT2D eigenvalue weighted by atomic mass is 32.1. The van der Waals surface area contributed by atoms with E-state index in [4.69, 9.17) is 0 Å². The van der Waals surface area contributed by atoms with Gasteiger partial charge in [0.25, 0.3) is 0 Å². The van der Waals surface area contributed by atoms with Crippen LogP contribution >= 0.6 is 11.3 Å². The highest BCUT2D eigenvalue weighted by Gasteiger charge is 2.10. The first-order valence-electron chi connectivity index (χ1n) is 8.70. The molecule has 0 radical (unpaired) electrons. The van der Waals surface area contributed by atoms with E-state index in [1.165, 1.54) is 12.1 Å². The monoisotopic (exact) mass is 398 g/mol. The summed E-state index contributed by atoms with van der Waals surface area (Å²) in [4.78, 5) is 8.94. The van der Waals surface area contributed by atoms with Gasteiger partial charge in [-0.25, -0.2) is 9.98 Å². The number of nitrogens with zero attached hydrogens (tertiary/aromatic N) is 2. The van der Waals surface area contributed by atoms with Gasteiger partial charge in [0, 0.05) is 18.5 Å². The van der Waals surface area contributed by atoms with Crippen molar-refractivity contribution in [3.05, 3.63) is 45.9 Å². The summed E-state index contributed by atoms with van der Waals surface area (Å²) in [5, 5.41) is 19.5. The third kappa shape index (κ3) is 7.10. The first kappa shape index (κ1) is 21.0. The van der Waals surface area contributed by atoms with E-state index < -0.39 is 12.7 Å². The fourth-order valence-electron chi connectivity index (χ4n) is 2.27. The largest absolute Gasteiger partial charge is 0.435 e. The van der Waals surface area contributed by atoms with Crippen molar-refractivity contribution in [3.63, 3.8) is 0 Å². The number of aliphatic hydroxyl groups is 1. The minimum Gasteiger partial charge on any atom is -0.435 e. The van der Waals surface area contributed by atoms with E-state index in [0.717, 1.165) is 17.1 Å². The molecule has 2 rings (SSSR count). The Labute approximate surface area is 161 Å². The average Bonchev–Trinajstić information content (AvgIpc) is 3.12. The molecule has 0 spiro atoms. The molecule has 0 aliphatic rings. The highest BCUT2D eigenvalue weighted by Crippen LogP contribution is 2.19. The van der Waals surface area contributed by atoms with Gasteiger partial charge in [0.2, 0.25) is 0 Å². The molecule has 0 saturated heterocycles. The van der Waals surface area contributed by atoms with Gasteiger partial charge >= 0.3 is 6.61 Å². The molecule has 3 N–H and O–H groups in total. The van der Waals surface area contributed by atoms with Crippen LogP contribution in [-0.2, 0) is 13.0 Å². The number of rotatable bonds is 9. The van der Waals surface area contributed by atoms with Crippen LogP contribution in [0.25, 0.3) is 0 Å². The zero-order valence-corrected chi connectivity index (χ0v) is 16.1. The van der Waals surface area contributed by atoms with E-state index in [-0.39, 0.29) is 12.3 Å². The van der Waals surface area contributed by atoms with Crippen molar-refractivity contribution < 1.29 is 18.6 Å². The molecule has 0 saturated carbocycles. The molecule has 2 aromatic rings. The predicted octanol–water partition coefficient (Wildman–Crippen LogP) is 3.10. The zero-order chi connectivity index (χ0) is 19.6. The average molecular weight is 398 g/mol. The van der Waals surface area contributed by atoms with Crippen molar-refractivity contribution in [3.8, 4) is 5.75 Å². The number of benzene rings is 1. The second-order valence-corrected chi connectivity index (χ2v) is 6.57. The number of ether oxygens (including phenoxy) is 1. The molecule has 1 heterocycles. The van der Waals surface area contributed by atoms with E-state index in [1.54, 1.807) is 23.5 Å². The second kappa shape index (κ2) is 10.8. The minimum absolute atomic E-state index is 0.0542. The van der Waals surface area contributed by atoms with E-state index in [1.807, 2.05) is 12.3 Å². The van der Waals surface area contributed by atoms with Gasteiger partial charge in [-0.05, 0) is 31.0 Å². The van der Waals surface area contributed by atoms with Gasteiger partial charge < -0.3 is 20.5 Å². The van der Waals surface area contributed by atoms with Gasteiger partial charge in [-0.15, -0.1) is 11.3 Å². The number of aliphatic hydroxyl groups excluding tert-OH is 1. The molecule has 0 amide bonds. The van der Waals surface area contributed by atoms with Crippen molar-refractivity contribution in [2.24, 2.45) is 4.99 Å². The minimum atomic E-state index is -2.87. The summed E-state index contributed by atoms with van der Waals surface area (Å²) in [6, 6.07) is 5.90. The van der Waals surface area contributed by atoms with Crippen LogP contribution < -0.4 is 15.4 Å². The number of alkyl halides is 2. The third-order valence-corrected chi connectivity index (χ3v) is 4.64. The van der Waals surface area contributed by atoms with E-state index in [2.05, 4.69) is 32.3 Å². The van der Waals surface area contributed by atoms with Crippen LogP contribution in [0.2, 0.25) is 0 Å². The molecular formula is C18H24F2N4O2S. The first-order chi connectivity index (χ1) is 13.0. The number of aryl methyl sites for hydroxylation is 1. The Morgan fingerprint density at radius 1 is 1.26 bits per heavy atom. The molecule has 1 aromatic carbocycles. The summed E-state index contributed by atoms with van der Waals surface area (Å²) < 4.78 is 28.6. The quantitative estimate of drug-likeness (QED) is 0.447. The summed E-state index contributed by atoms with van der Waals surface area (Å²) in [7, 11) is 0. The number of aromatic nitrogens is 1. The van der Waals surface area contributed by atoms with Gasteiger partial charge in [0.05, 0.1) is 23.4 Å². The van der Waals surface area contributed by atoms with Gasteiger partial charge in [-0.2, -0.15) is 8.78 Å². The van der Waals surface area contributed by atoms with Crippen molar-refractivity contribution in [1.82, 2.24) is 15.6 Å². The number of halogens is 2.